The zero-order chi connectivity index (χ0) is 13.8. The molecule has 0 aliphatic rings. The van der Waals surface area contributed by atoms with Crippen LogP contribution in [0.3, 0.4) is 0 Å². The van der Waals surface area contributed by atoms with Gasteiger partial charge in [-0.1, -0.05) is 24.6 Å². The van der Waals surface area contributed by atoms with Gasteiger partial charge in [0.1, 0.15) is 10.3 Å². The van der Waals surface area contributed by atoms with Gasteiger partial charge in [-0.2, -0.15) is 0 Å². The number of aromatic amines is 1. The normalized spacial score (nSPS) is 10.7. The number of rotatable bonds is 4. The average molecular weight is 339 g/mol. The van der Waals surface area contributed by atoms with E-state index in [1.165, 1.54) is 10.5 Å². The number of H-pyrrole nitrogens is 1. The highest BCUT2D eigenvalue weighted by Crippen LogP contribution is 2.22. The third-order valence-electron chi connectivity index (χ3n) is 2.68. The molecule has 0 saturated carbocycles. The Balaban J connectivity index is 2.16. The van der Waals surface area contributed by atoms with Gasteiger partial charge in [0.2, 0.25) is 0 Å². The van der Waals surface area contributed by atoms with Crippen LogP contribution in [0.5, 0.6) is 0 Å². The van der Waals surface area contributed by atoms with E-state index in [-0.39, 0.29) is 5.56 Å². The number of aryl methyl sites for hydroxylation is 2. The molecule has 1 heterocycles. The number of hydrogen-bond donors (Lipinski definition) is 1. The second-order valence-corrected chi connectivity index (χ2v) is 6.07. The van der Waals surface area contributed by atoms with Gasteiger partial charge in [0.25, 0.3) is 5.56 Å². The van der Waals surface area contributed by atoms with Gasteiger partial charge in [0, 0.05) is 4.90 Å². The summed E-state index contributed by atoms with van der Waals surface area (Å²) in [5, 5.41) is 0. The van der Waals surface area contributed by atoms with Crippen LogP contribution < -0.4 is 5.56 Å². The van der Waals surface area contributed by atoms with Gasteiger partial charge in [-0.3, -0.25) is 4.79 Å². The molecule has 100 valence electrons. The molecule has 0 radical (unpaired) electrons. The van der Waals surface area contributed by atoms with Gasteiger partial charge >= 0.3 is 0 Å². The molecule has 2 rings (SSSR count). The Bertz CT molecular complexity index is 640. The van der Waals surface area contributed by atoms with E-state index in [1.54, 1.807) is 11.8 Å². The summed E-state index contributed by atoms with van der Waals surface area (Å²) in [4.78, 5) is 20.2. The highest BCUT2D eigenvalue weighted by atomic mass is 79.9. The van der Waals surface area contributed by atoms with Crippen molar-refractivity contribution in [3.8, 4) is 0 Å². The van der Waals surface area contributed by atoms with Crippen LogP contribution in [-0.2, 0) is 12.2 Å². The molecule has 2 aromatic rings. The highest BCUT2D eigenvalue weighted by Gasteiger charge is 2.07. The largest absolute Gasteiger partial charge is 0.309 e. The second-order valence-electron chi connectivity index (χ2n) is 4.23. The maximum absolute atomic E-state index is 11.7. The van der Waals surface area contributed by atoms with Crippen molar-refractivity contribution in [2.45, 2.75) is 30.9 Å². The molecular formula is C14H15BrN2OS. The first-order valence-corrected chi connectivity index (χ1v) is 7.85. The number of nitrogens with zero attached hydrogens (tertiary/aromatic N) is 1. The SMILES string of the molecule is CCc1nc(CSc2cccc(C)c2)[nH]c(=O)c1Br. The molecule has 0 saturated heterocycles. The van der Waals surface area contributed by atoms with Crippen molar-refractivity contribution in [2.75, 3.05) is 0 Å². The average Bonchev–Trinajstić information content (AvgIpc) is 2.40. The fraction of sp³-hybridized carbons (Fsp3) is 0.286. The zero-order valence-electron chi connectivity index (χ0n) is 10.9. The zero-order valence-corrected chi connectivity index (χ0v) is 13.3. The van der Waals surface area contributed by atoms with Gasteiger partial charge in [-0.25, -0.2) is 4.98 Å². The summed E-state index contributed by atoms with van der Waals surface area (Å²) in [7, 11) is 0. The first-order chi connectivity index (χ1) is 9.10. The number of halogens is 1. The molecule has 19 heavy (non-hydrogen) atoms. The lowest BCUT2D eigenvalue weighted by Crippen LogP contribution is -2.14. The Labute approximate surface area is 125 Å². The monoisotopic (exact) mass is 338 g/mol. The Morgan fingerprint density at radius 3 is 2.89 bits per heavy atom. The third-order valence-corrected chi connectivity index (χ3v) is 4.50. The van der Waals surface area contributed by atoms with E-state index in [2.05, 4.69) is 51.0 Å². The van der Waals surface area contributed by atoms with Gasteiger partial charge < -0.3 is 4.98 Å². The van der Waals surface area contributed by atoms with Gasteiger partial charge in [0.05, 0.1) is 11.4 Å². The van der Waals surface area contributed by atoms with Crippen LogP contribution in [0, 0.1) is 6.92 Å². The number of benzene rings is 1. The maximum atomic E-state index is 11.7. The number of aromatic nitrogens is 2. The summed E-state index contributed by atoms with van der Waals surface area (Å²) in [5.41, 5.74) is 1.94. The number of nitrogens with one attached hydrogen (secondary N) is 1. The minimum atomic E-state index is -0.105. The summed E-state index contributed by atoms with van der Waals surface area (Å²) in [6.07, 6.45) is 0.743. The molecule has 0 aliphatic heterocycles. The highest BCUT2D eigenvalue weighted by molar-refractivity contribution is 9.10. The van der Waals surface area contributed by atoms with Crippen molar-refractivity contribution in [1.82, 2.24) is 9.97 Å². The molecule has 0 bridgehead atoms. The lowest BCUT2D eigenvalue weighted by molar-refractivity contribution is 0.906. The van der Waals surface area contributed by atoms with Crippen molar-refractivity contribution in [3.05, 3.63) is 56.2 Å². The van der Waals surface area contributed by atoms with Crippen molar-refractivity contribution in [3.63, 3.8) is 0 Å². The summed E-state index contributed by atoms with van der Waals surface area (Å²) < 4.78 is 0.541. The minimum absolute atomic E-state index is 0.105. The van der Waals surface area contributed by atoms with Crippen LogP contribution in [0.4, 0.5) is 0 Å². The summed E-state index contributed by atoms with van der Waals surface area (Å²) in [5.74, 6) is 1.38. The summed E-state index contributed by atoms with van der Waals surface area (Å²) in [6.45, 7) is 4.06. The summed E-state index contributed by atoms with van der Waals surface area (Å²) in [6, 6.07) is 8.30. The van der Waals surface area contributed by atoms with Crippen molar-refractivity contribution >= 4 is 27.7 Å². The van der Waals surface area contributed by atoms with Crippen LogP contribution in [-0.4, -0.2) is 9.97 Å². The smallest absolute Gasteiger partial charge is 0.265 e. The summed E-state index contributed by atoms with van der Waals surface area (Å²) >= 11 is 4.94. The lowest BCUT2D eigenvalue weighted by Gasteiger charge is -2.05. The third kappa shape index (κ3) is 3.70. The molecule has 0 amide bonds. The Morgan fingerprint density at radius 1 is 1.42 bits per heavy atom. The molecule has 0 fully saturated rings. The minimum Gasteiger partial charge on any atom is -0.309 e. The van der Waals surface area contributed by atoms with Gasteiger partial charge in [0.15, 0.2) is 0 Å². The van der Waals surface area contributed by atoms with Gasteiger partial charge in [-0.05, 0) is 41.4 Å². The van der Waals surface area contributed by atoms with E-state index < -0.39 is 0 Å². The quantitative estimate of drug-likeness (QED) is 0.864. The first-order valence-electron chi connectivity index (χ1n) is 6.07. The van der Waals surface area contributed by atoms with Crippen LogP contribution in [0.25, 0.3) is 0 Å². The fourth-order valence-corrected chi connectivity index (χ4v) is 3.07. The second kappa shape index (κ2) is 6.39. The Morgan fingerprint density at radius 2 is 2.21 bits per heavy atom. The molecule has 1 aromatic heterocycles. The van der Waals surface area contributed by atoms with E-state index in [1.807, 2.05) is 13.0 Å². The number of thioether (sulfide) groups is 1. The van der Waals surface area contributed by atoms with Crippen LogP contribution in [0.1, 0.15) is 24.0 Å². The van der Waals surface area contributed by atoms with Crippen LogP contribution >= 0.6 is 27.7 Å². The molecule has 5 heteroatoms. The van der Waals surface area contributed by atoms with E-state index in [0.717, 1.165) is 17.9 Å². The van der Waals surface area contributed by atoms with Crippen molar-refractivity contribution in [1.29, 1.82) is 0 Å². The molecular weight excluding hydrogens is 324 g/mol. The van der Waals surface area contributed by atoms with E-state index in [4.69, 9.17) is 0 Å². The molecule has 0 spiro atoms. The number of hydrogen-bond acceptors (Lipinski definition) is 3. The molecule has 1 aromatic carbocycles. The van der Waals surface area contributed by atoms with Crippen LogP contribution in [0.2, 0.25) is 0 Å². The molecule has 1 N–H and O–H groups in total. The fourth-order valence-electron chi connectivity index (χ4n) is 1.72. The lowest BCUT2D eigenvalue weighted by atomic mass is 10.2. The van der Waals surface area contributed by atoms with Crippen LogP contribution in [0.15, 0.2) is 38.4 Å². The standard InChI is InChI=1S/C14H15BrN2OS/c1-3-11-13(15)14(18)17-12(16-11)8-19-10-6-4-5-9(2)7-10/h4-7H,3,8H2,1-2H3,(H,16,17,18). The molecule has 0 atom stereocenters. The Kier molecular flexibility index (Phi) is 4.82. The van der Waals surface area contributed by atoms with E-state index >= 15 is 0 Å². The predicted molar refractivity (Wildman–Crippen MR) is 82.7 cm³/mol. The molecule has 0 unspecified atom stereocenters. The topological polar surface area (TPSA) is 45.8 Å². The van der Waals surface area contributed by atoms with E-state index in [9.17, 15) is 4.79 Å². The predicted octanol–water partition coefficient (Wildman–Crippen LogP) is 3.70. The van der Waals surface area contributed by atoms with Crippen molar-refractivity contribution in [2.24, 2.45) is 0 Å². The Hall–Kier alpha value is -1.07. The maximum Gasteiger partial charge on any atom is 0.265 e. The van der Waals surface area contributed by atoms with Crippen molar-refractivity contribution < 1.29 is 0 Å². The molecule has 0 aliphatic carbocycles. The molecule has 3 nitrogen and oxygen atoms in total. The van der Waals surface area contributed by atoms with Gasteiger partial charge in [-0.15, -0.1) is 11.8 Å². The van der Waals surface area contributed by atoms with E-state index in [0.29, 0.717) is 10.2 Å². The first kappa shape index (κ1) is 14.3.